The van der Waals surface area contributed by atoms with Crippen LogP contribution in [0.4, 0.5) is 0 Å². The summed E-state index contributed by atoms with van der Waals surface area (Å²) in [6, 6.07) is 0. The molecule has 0 aromatic carbocycles. The van der Waals surface area contributed by atoms with Crippen LogP contribution in [0.15, 0.2) is 11.6 Å². The molecule has 1 saturated carbocycles. The molecule has 0 amide bonds. The number of nitrogens with one attached hydrogen (secondary N) is 1. The first-order chi connectivity index (χ1) is 8.63. The Morgan fingerprint density at radius 1 is 1.39 bits per heavy atom. The quantitative estimate of drug-likeness (QED) is 0.748. The summed E-state index contributed by atoms with van der Waals surface area (Å²) in [5.41, 5.74) is 1.60. The van der Waals surface area contributed by atoms with Gasteiger partial charge >= 0.3 is 0 Å². The molecule has 0 aliphatic heterocycles. The van der Waals surface area contributed by atoms with Gasteiger partial charge in [0.15, 0.2) is 0 Å². The van der Waals surface area contributed by atoms with E-state index in [0.29, 0.717) is 4.75 Å². The van der Waals surface area contributed by atoms with Crippen LogP contribution in [0.2, 0.25) is 0 Å². The van der Waals surface area contributed by atoms with Crippen molar-refractivity contribution < 1.29 is 0 Å². The predicted molar refractivity (Wildman–Crippen MR) is 83.2 cm³/mol. The van der Waals surface area contributed by atoms with Gasteiger partial charge in [0, 0.05) is 11.3 Å². The predicted octanol–water partition coefficient (Wildman–Crippen LogP) is 4.24. The number of thioether (sulfide) groups is 1. The molecule has 0 saturated heterocycles. The Morgan fingerprint density at radius 2 is 2.11 bits per heavy atom. The third kappa shape index (κ3) is 3.77. The van der Waals surface area contributed by atoms with E-state index >= 15 is 0 Å². The van der Waals surface area contributed by atoms with Crippen molar-refractivity contribution in [2.24, 2.45) is 11.8 Å². The van der Waals surface area contributed by atoms with Crippen LogP contribution in [-0.2, 0) is 0 Å². The van der Waals surface area contributed by atoms with Crippen LogP contribution in [0.3, 0.4) is 0 Å². The molecule has 0 bridgehead atoms. The summed E-state index contributed by atoms with van der Waals surface area (Å²) in [5, 5.41) is 3.78. The first-order valence-electron chi connectivity index (χ1n) is 7.57. The molecule has 2 atom stereocenters. The van der Waals surface area contributed by atoms with Crippen LogP contribution < -0.4 is 5.32 Å². The Morgan fingerprint density at radius 3 is 2.72 bits per heavy atom. The maximum absolute atomic E-state index is 3.78. The van der Waals surface area contributed by atoms with Crippen LogP contribution in [-0.4, -0.2) is 24.1 Å². The lowest BCUT2D eigenvalue weighted by atomic mass is 9.83. The second-order valence-corrected chi connectivity index (χ2v) is 7.80. The second kappa shape index (κ2) is 6.47. The molecular formula is C16H29NS. The van der Waals surface area contributed by atoms with Gasteiger partial charge in [0.1, 0.15) is 0 Å². The molecule has 18 heavy (non-hydrogen) atoms. The zero-order chi connectivity index (χ0) is 13.0. The lowest BCUT2D eigenvalue weighted by Crippen LogP contribution is -2.38. The molecule has 2 aliphatic carbocycles. The average Bonchev–Trinajstić information content (AvgIpc) is 2.77. The maximum atomic E-state index is 3.78. The lowest BCUT2D eigenvalue weighted by molar-refractivity contribution is 0.372. The molecule has 2 unspecified atom stereocenters. The molecule has 0 aromatic heterocycles. The van der Waals surface area contributed by atoms with E-state index in [1.165, 1.54) is 51.6 Å². The van der Waals surface area contributed by atoms with E-state index in [4.69, 9.17) is 0 Å². The molecule has 2 aliphatic rings. The van der Waals surface area contributed by atoms with Crippen molar-refractivity contribution in [3.63, 3.8) is 0 Å². The van der Waals surface area contributed by atoms with Gasteiger partial charge in [-0.15, -0.1) is 0 Å². The summed E-state index contributed by atoms with van der Waals surface area (Å²) in [4.78, 5) is 0. The van der Waals surface area contributed by atoms with Gasteiger partial charge in [0.05, 0.1) is 0 Å². The monoisotopic (exact) mass is 267 g/mol. The van der Waals surface area contributed by atoms with Gasteiger partial charge < -0.3 is 5.32 Å². The first kappa shape index (κ1) is 14.5. The number of allylic oxidation sites excluding steroid dienone is 2. The number of rotatable bonds is 5. The highest BCUT2D eigenvalue weighted by atomic mass is 32.2. The number of hydrogen-bond acceptors (Lipinski definition) is 2. The van der Waals surface area contributed by atoms with Gasteiger partial charge in [-0.1, -0.05) is 31.4 Å². The zero-order valence-electron chi connectivity index (χ0n) is 12.3. The van der Waals surface area contributed by atoms with Gasteiger partial charge in [0.2, 0.25) is 0 Å². The average molecular weight is 267 g/mol. The molecule has 1 N–H and O–H groups in total. The molecule has 1 nitrogen and oxygen atoms in total. The van der Waals surface area contributed by atoms with E-state index in [0.717, 1.165) is 11.8 Å². The standard InChI is InChI=1S/C16H29NS/c1-13-8-14(2)10-15(9-13)11-17-12-16(18-3)6-4-5-7-16/h8,13,15,17H,4-7,9-12H2,1-3H3. The van der Waals surface area contributed by atoms with E-state index in [-0.39, 0.29) is 0 Å². The Labute approximate surface area is 117 Å². The fraction of sp³-hybridized carbons (Fsp3) is 0.875. The molecule has 0 spiro atoms. The van der Waals surface area contributed by atoms with Crippen molar-refractivity contribution in [2.75, 3.05) is 19.3 Å². The molecule has 0 aromatic rings. The van der Waals surface area contributed by atoms with Crippen molar-refractivity contribution in [1.29, 1.82) is 0 Å². The van der Waals surface area contributed by atoms with Crippen LogP contribution in [0.1, 0.15) is 52.4 Å². The molecule has 104 valence electrons. The third-order valence-electron chi connectivity index (χ3n) is 4.71. The largest absolute Gasteiger partial charge is 0.315 e. The SMILES string of the molecule is CSC1(CNCC2CC(C)=CC(C)C2)CCCC1. The van der Waals surface area contributed by atoms with Crippen molar-refractivity contribution in [1.82, 2.24) is 5.32 Å². The van der Waals surface area contributed by atoms with Crippen molar-refractivity contribution in [3.05, 3.63) is 11.6 Å². The van der Waals surface area contributed by atoms with Gasteiger partial charge in [-0.3, -0.25) is 0 Å². The lowest BCUT2D eigenvalue weighted by Gasteiger charge is -2.30. The zero-order valence-corrected chi connectivity index (χ0v) is 13.1. The minimum Gasteiger partial charge on any atom is -0.315 e. The molecular weight excluding hydrogens is 238 g/mol. The minimum atomic E-state index is 0.561. The summed E-state index contributed by atoms with van der Waals surface area (Å²) in [7, 11) is 0. The summed E-state index contributed by atoms with van der Waals surface area (Å²) >= 11 is 2.09. The van der Waals surface area contributed by atoms with E-state index < -0.39 is 0 Å². The smallest absolute Gasteiger partial charge is 0.0281 e. The van der Waals surface area contributed by atoms with Crippen molar-refractivity contribution in [2.45, 2.75) is 57.1 Å². The Hall–Kier alpha value is 0.0500. The molecule has 2 heteroatoms. The number of hydrogen-bond donors (Lipinski definition) is 1. The Balaban J connectivity index is 1.73. The topological polar surface area (TPSA) is 12.0 Å². The van der Waals surface area contributed by atoms with Crippen molar-refractivity contribution in [3.8, 4) is 0 Å². The van der Waals surface area contributed by atoms with Gasteiger partial charge in [0.25, 0.3) is 0 Å². The summed E-state index contributed by atoms with van der Waals surface area (Å²) < 4.78 is 0.561. The summed E-state index contributed by atoms with van der Waals surface area (Å²) in [6.07, 6.45) is 13.1. The van der Waals surface area contributed by atoms with Gasteiger partial charge in [-0.05, 0) is 57.2 Å². The fourth-order valence-corrected chi connectivity index (χ4v) is 4.76. The molecule has 1 fully saturated rings. The Bertz CT molecular complexity index is 291. The van der Waals surface area contributed by atoms with E-state index in [1.807, 2.05) is 0 Å². The van der Waals surface area contributed by atoms with Crippen LogP contribution in [0, 0.1) is 11.8 Å². The first-order valence-corrected chi connectivity index (χ1v) is 8.79. The Kier molecular flexibility index (Phi) is 5.20. The molecule has 0 radical (unpaired) electrons. The van der Waals surface area contributed by atoms with E-state index in [2.05, 4.69) is 43.3 Å². The maximum Gasteiger partial charge on any atom is 0.0281 e. The highest BCUT2D eigenvalue weighted by Crippen LogP contribution is 2.39. The fourth-order valence-electron chi connectivity index (χ4n) is 3.82. The van der Waals surface area contributed by atoms with E-state index in [9.17, 15) is 0 Å². The highest BCUT2D eigenvalue weighted by molar-refractivity contribution is 8.00. The summed E-state index contributed by atoms with van der Waals surface area (Å²) in [6.45, 7) is 7.10. The third-order valence-corrected chi connectivity index (χ3v) is 6.13. The molecule has 0 heterocycles. The van der Waals surface area contributed by atoms with Gasteiger partial charge in [-0.25, -0.2) is 0 Å². The second-order valence-electron chi connectivity index (χ2n) is 6.52. The highest BCUT2D eigenvalue weighted by Gasteiger charge is 2.32. The van der Waals surface area contributed by atoms with Crippen LogP contribution in [0.5, 0.6) is 0 Å². The van der Waals surface area contributed by atoms with Crippen LogP contribution >= 0.6 is 11.8 Å². The summed E-state index contributed by atoms with van der Waals surface area (Å²) in [5.74, 6) is 1.65. The normalized spacial score (nSPS) is 31.4. The molecule has 2 rings (SSSR count). The minimum absolute atomic E-state index is 0.561. The van der Waals surface area contributed by atoms with E-state index in [1.54, 1.807) is 5.57 Å². The van der Waals surface area contributed by atoms with Crippen LogP contribution in [0.25, 0.3) is 0 Å². The van der Waals surface area contributed by atoms with Gasteiger partial charge in [-0.2, -0.15) is 11.8 Å². The van der Waals surface area contributed by atoms with Crippen molar-refractivity contribution >= 4 is 11.8 Å².